The average molecular weight is 327 g/mol. The van der Waals surface area contributed by atoms with Gasteiger partial charge in [-0.05, 0) is 38.0 Å². The Morgan fingerprint density at radius 3 is 2.53 bits per heavy atom. The number of aryl methyl sites for hydroxylation is 1. The van der Waals surface area contributed by atoms with Crippen LogP contribution in [0.15, 0.2) is 22.7 Å². The summed E-state index contributed by atoms with van der Waals surface area (Å²) in [4.78, 5) is 2.45. The first kappa shape index (κ1) is 15.0. The van der Waals surface area contributed by atoms with Crippen LogP contribution in [0, 0.1) is 6.92 Å². The smallest absolute Gasteiger partial charge is 0.0678 e. The van der Waals surface area contributed by atoms with Crippen molar-refractivity contribution in [2.75, 3.05) is 19.6 Å². The number of hydrogen-bond donors (Lipinski definition) is 1. The summed E-state index contributed by atoms with van der Waals surface area (Å²) in [5.41, 5.74) is 8.57. The van der Waals surface area contributed by atoms with Gasteiger partial charge in [0.15, 0.2) is 0 Å². The van der Waals surface area contributed by atoms with Crippen LogP contribution in [0.2, 0.25) is 0 Å². The lowest BCUT2D eigenvalue weighted by molar-refractivity contribution is -0.0799. The Labute approximate surface area is 124 Å². The summed E-state index contributed by atoms with van der Waals surface area (Å²) in [6.07, 6.45) is 0.545. The number of nitrogens with zero attached hydrogens (tertiary/aromatic N) is 1. The van der Waals surface area contributed by atoms with Crippen molar-refractivity contribution < 1.29 is 4.74 Å². The van der Waals surface area contributed by atoms with Crippen molar-refractivity contribution in [1.82, 2.24) is 4.90 Å². The Kier molecular flexibility index (Phi) is 5.01. The molecule has 3 nitrogen and oxygen atoms in total. The van der Waals surface area contributed by atoms with E-state index in [2.05, 4.69) is 59.8 Å². The Bertz CT molecular complexity index is 428. The van der Waals surface area contributed by atoms with Crippen molar-refractivity contribution in [3.63, 3.8) is 0 Å². The molecule has 0 saturated carbocycles. The Balaban J connectivity index is 2.21. The summed E-state index contributed by atoms with van der Waals surface area (Å²) in [7, 11) is 0. The minimum atomic E-state index is 0.273. The van der Waals surface area contributed by atoms with Crippen LogP contribution < -0.4 is 5.73 Å². The van der Waals surface area contributed by atoms with Gasteiger partial charge in [-0.15, -0.1) is 0 Å². The van der Waals surface area contributed by atoms with E-state index < -0.39 is 0 Å². The van der Waals surface area contributed by atoms with E-state index in [-0.39, 0.29) is 18.2 Å². The van der Waals surface area contributed by atoms with Crippen LogP contribution in [0.3, 0.4) is 0 Å². The van der Waals surface area contributed by atoms with E-state index in [1.54, 1.807) is 0 Å². The van der Waals surface area contributed by atoms with Gasteiger partial charge in [-0.3, -0.25) is 4.90 Å². The van der Waals surface area contributed by atoms with Crippen LogP contribution in [0.5, 0.6) is 0 Å². The van der Waals surface area contributed by atoms with E-state index in [0.29, 0.717) is 6.54 Å². The molecule has 2 rings (SSSR count). The molecule has 1 aliphatic heterocycles. The van der Waals surface area contributed by atoms with E-state index >= 15 is 0 Å². The van der Waals surface area contributed by atoms with E-state index in [4.69, 9.17) is 10.5 Å². The molecular weight excluding hydrogens is 304 g/mol. The standard InChI is InChI=1S/C15H23BrN2O/c1-10-6-13(4-5-14(10)16)15(7-17)18-8-11(2)19-12(3)9-18/h4-6,11-12,15H,7-9,17H2,1-3H3/t11-,12+,15?. The van der Waals surface area contributed by atoms with Crippen molar-refractivity contribution in [2.45, 2.75) is 39.0 Å². The zero-order valence-corrected chi connectivity index (χ0v) is 13.5. The molecule has 0 bridgehead atoms. The number of benzene rings is 1. The monoisotopic (exact) mass is 326 g/mol. The van der Waals surface area contributed by atoms with Gasteiger partial charge in [0.05, 0.1) is 12.2 Å². The molecule has 3 atom stereocenters. The molecule has 1 fully saturated rings. The second kappa shape index (κ2) is 6.35. The number of morpholine rings is 1. The highest BCUT2D eigenvalue weighted by atomic mass is 79.9. The van der Waals surface area contributed by atoms with Gasteiger partial charge in [-0.2, -0.15) is 0 Å². The van der Waals surface area contributed by atoms with Gasteiger partial charge in [-0.25, -0.2) is 0 Å². The maximum absolute atomic E-state index is 6.02. The third-order valence-corrected chi connectivity index (χ3v) is 4.57. The number of nitrogens with two attached hydrogens (primary N) is 1. The largest absolute Gasteiger partial charge is 0.373 e. The Morgan fingerprint density at radius 1 is 1.37 bits per heavy atom. The van der Waals surface area contributed by atoms with Crippen molar-refractivity contribution in [1.29, 1.82) is 0 Å². The first-order chi connectivity index (χ1) is 9.01. The number of hydrogen-bond acceptors (Lipinski definition) is 3. The van der Waals surface area contributed by atoms with Gasteiger partial charge in [0.1, 0.15) is 0 Å². The molecule has 1 saturated heterocycles. The summed E-state index contributed by atoms with van der Waals surface area (Å²) < 4.78 is 6.95. The highest BCUT2D eigenvalue weighted by Gasteiger charge is 2.28. The molecule has 4 heteroatoms. The lowest BCUT2D eigenvalue weighted by Gasteiger charge is -2.40. The molecule has 0 spiro atoms. The van der Waals surface area contributed by atoms with Crippen LogP contribution in [0.4, 0.5) is 0 Å². The minimum absolute atomic E-state index is 0.273. The van der Waals surface area contributed by atoms with Crippen molar-refractivity contribution >= 4 is 15.9 Å². The first-order valence-electron chi connectivity index (χ1n) is 6.87. The highest BCUT2D eigenvalue weighted by molar-refractivity contribution is 9.10. The zero-order valence-electron chi connectivity index (χ0n) is 11.9. The third kappa shape index (κ3) is 3.57. The zero-order chi connectivity index (χ0) is 14.0. The van der Waals surface area contributed by atoms with Crippen LogP contribution >= 0.6 is 15.9 Å². The molecule has 1 unspecified atom stereocenters. The first-order valence-corrected chi connectivity index (χ1v) is 7.66. The second-order valence-electron chi connectivity index (χ2n) is 5.47. The molecular formula is C15H23BrN2O. The second-order valence-corrected chi connectivity index (χ2v) is 6.33. The predicted molar refractivity (Wildman–Crippen MR) is 82.3 cm³/mol. The molecule has 1 aromatic rings. The molecule has 0 radical (unpaired) electrons. The molecule has 106 valence electrons. The van der Waals surface area contributed by atoms with Gasteiger partial charge in [-0.1, -0.05) is 28.1 Å². The fourth-order valence-electron chi connectivity index (χ4n) is 2.84. The van der Waals surface area contributed by atoms with Crippen LogP contribution in [0.1, 0.15) is 31.0 Å². The molecule has 0 aromatic heterocycles. The number of rotatable bonds is 3. The van der Waals surface area contributed by atoms with E-state index in [1.807, 2.05) is 0 Å². The van der Waals surface area contributed by atoms with Gasteiger partial charge in [0.25, 0.3) is 0 Å². The van der Waals surface area contributed by atoms with E-state index in [1.165, 1.54) is 11.1 Å². The lowest BCUT2D eigenvalue weighted by Crippen LogP contribution is -2.48. The van der Waals surface area contributed by atoms with Gasteiger partial charge >= 0.3 is 0 Å². The average Bonchev–Trinajstić information content (AvgIpc) is 2.33. The molecule has 2 N–H and O–H groups in total. The normalized spacial score (nSPS) is 26.4. The lowest BCUT2D eigenvalue weighted by atomic mass is 10.0. The highest BCUT2D eigenvalue weighted by Crippen LogP contribution is 2.27. The quantitative estimate of drug-likeness (QED) is 0.928. The van der Waals surface area contributed by atoms with Gasteiger partial charge in [0.2, 0.25) is 0 Å². The summed E-state index contributed by atoms with van der Waals surface area (Å²) in [5, 5.41) is 0. The fourth-order valence-corrected chi connectivity index (χ4v) is 3.09. The van der Waals surface area contributed by atoms with E-state index in [0.717, 1.165) is 17.6 Å². The van der Waals surface area contributed by atoms with Crippen LogP contribution in [-0.4, -0.2) is 36.7 Å². The van der Waals surface area contributed by atoms with Crippen molar-refractivity contribution in [2.24, 2.45) is 5.73 Å². The summed E-state index contributed by atoms with van der Waals surface area (Å²) >= 11 is 3.55. The maximum Gasteiger partial charge on any atom is 0.0678 e. The maximum atomic E-state index is 6.02. The van der Waals surface area contributed by atoms with Crippen LogP contribution in [-0.2, 0) is 4.74 Å². The van der Waals surface area contributed by atoms with Crippen LogP contribution in [0.25, 0.3) is 0 Å². The summed E-state index contributed by atoms with van der Waals surface area (Å²) in [6.45, 7) is 8.90. The molecule has 1 aromatic carbocycles. The predicted octanol–water partition coefficient (Wildman–Crippen LogP) is 2.87. The Morgan fingerprint density at radius 2 is 2.00 bits per heavy atom. The molecule has 1 aliphatic rings. The SMILES string of the molecule is Cc1cc(C(CN)N2C[C@@H](C)O[C@@H](C)C2)ccc1Br. The van der Waals surface area contributed by atoms with Crippen molar-refractivity contribution in [3.8, 4) is 0 Å². The van der Waals surface area contributed by atoms with E-state index in [9.17, 15) is 0 Å². The third-order valence-electron chi connectivity index (χ3n) is 3.68. The molecule has 0 amide bonds. The summed E-state index contributed by atoms with van der Waals surface area (Å²) in [5.74, 6) is 0. The summed E-state index contributed by atoms with van der Waals surface area (Å²) in [6, 6.07) is 6.78. The number of halogens is 1. The molecule has 19 heavy (non-hydrogen) atoms. The Hall–Kier alpha value is -0.420. The van der Waals surface area contributed by atoms with Crippen molar-refractivity contribution in [3.05, 3.63) is 33.8 Å². The minimum Gasteiger partial charge on any atom is -0.373 e. The molecule has 0 aliphatic carbocycles. The van der Waals surface area contributed by atoms with Gasteiger partial charge in [0, 0.05) is 30.1 Å². The van der Waals surface area contributed by atoms with Gasteiger partial charge < -0.3 is 10.5 Å². The fraction of sp³-hybridized carbons (Fsp3) is 0.600. The topological polar surface area (TPSA) is 38.5 Å². The number of ether oxygens (including phenoxy) is 1. The molecule has 1 heterocycles.